The molecule has 8 nitrogen and oxygen atoms in total. The summed E-state index contributed by atoms with van der Waals surface area (Å²) < 4.78 is 54.0. The number of rotatable bonds is 6. The lowest BCUT2D eigenvalue weighted by Gasteiger charge is -2.37. The van der Waals surface area contributed by atoms with E-state index in [-0.39, 0.29) is 34.9 Å². The summed E-state index contributed by atoms with van der Waals surface area (Å²) in [6.45, 7) is 4.53. The first kappa shape index (κ1) is 24.7. The molecule has 0 spiro atoms. The SMILES string of the molecule is CC1(C)[C@H]2CC[C@]1(c1cccc(-c3ncnn3CCS(C)(=O)=O)n1)c1nnc(-c3c(F)cccc3F)cc12. The molecule has 0 N–H and O–H groups in total. The summed E-state index contributed by atoms with van der Waals surface area (Å²) >= 11 is 0. The van der Waals surface area contributed by atoms with Crippen LogP contribution in [0.2, 0.25) is 0 Å². The van der Waals surface area contributed by atoms with E-state index in [1.807, 2.05) is 18.2 Å². The molecule has 0 radical (unpaired) electrons. The van der Waals surface area contributed by atoms with Crippen LogP contribution in [0.25, 0.3) is 22.8 Å². The van der Waals surface area contributed by atoms with Crippen molar-refractivity contribution in [1.82, 2.24) is 29.9 Å². The van der Waals surface area contributed by atoms with E-state index in [9.17, 15) is 17.2 Å². The maximum absolute atomic E-state index is 14.5. The molecule has 0 saturated heterocycles. The lowest BCUT2D eigenvalue weighted by Crippen LogP contribution is -2.37. The molecule has 3 heterocycles. The molecule has 6 rings (SSSR count). The fourth-order valence-corrected chi connectivity index (χ4v) is 6.94. The topological polar surface area (TPSA) is 104 Å². The fourth-order valence-electron chi connectivity index (χ4n) is 6.43. The van der Waals surface area contributed by atoms with Gasteiger partial charge in [-0.3, -0.25) is 0 Å². The molecule has 1 fully saturated rings. The third-order valence-electron chi connectivity index (χ3n) is 8.31. The van der Waals surface area contributed by atoms with Crippen molar-refractivity contribution >= 4 is 9.84 Å². The minimum absolute atomic E-state index is 0.0599. The maximum atomic E-state index is 14.5. The van der Waals surface area contributed by atoms with Gasteiger partial charge in [0.1, 0.15) is 33.5 Å². The average Bonchev–Trinajstić information content (AvgIpc) is 3.50. The Balaban J connectivity index is 1.45. The summed E-state index contributed by atoms with van der Waals surface area (Å²) in [5, 5.41) is 13.1. The molecule has 1 saturated carbocycles. The van der Waals surface area contributed by atoms with Gasteiger partial charge in [0, 0.05) is 6.26 Å². The monoisotopic (exact) mass is 536 g/mol. The number of fused-ring (bicyclic) bond motifs is 5. The zero-order chi connectivity index (χ0) is 26.9. The quantitative estimate of drug-likeness (QED) is 0.361. The highest BCUT2D eigenvalue weighted by Gasteiger charge is 2.65. The van der Waals surface area contributed by atoms with Gasteiger partial charge in [0.05, 0.1) is 40.4 Å². The van der Waals surface area contributed by atoms with Crippen LogP contribution in [0.5, 0.6) is 0 Å². The molecule has 11 heteroatoms. The van der Waals surface area contributed by atoms with Gasteiger partial charge in [-0.05, 0) is 60.1 Å². The summed E-state index contributed by atoms with van der Waals surface area (Å²) in [6.07, 6.45) is 4.25. The van der Waals surface area contributed by atoms with E-state index >= 15 is 0 Å². The van der Waals surface area contributed by atoms with Gasteiger partial charge in [0.15, 0.2) is 5.82 Å². The summed E-state index contributed by atoms with van der Waals surface area (Å²) in [4.78, 5) is 9.37. The predicted octanol–water partition coefficient (Wildman–Crippen LogP) is 4.32. The lowest BCUT2D eigenvalue weighted by molar-refractivity contribution is 0.243. The summed E-state index contributed by atoms with van der Waals surface area (Å²) in [7, 11) is -3.18. The van der Waals surface area contributed by atoms with Crippen molar-refractivity contribution in [2.45, 2.75) is 44.6 Å². The normalized spacial score (nSPS) is 21.6. The molecule has 2 bridgehead atoms. The number of aryl methyl sites for hydroxylation is 1. The number of benzene rings is 1. The van der Waals surface area contributed by atoms with E-state index in [2.05, 4.69) is 34.1 Å². The molecule has 38 heavy (non-hydrogen) atoms. The minimum Gasteiger partial charge on any atom is -0.248 e. The van der Waals surface area contributed by atoms with Crippen molar-refractivity contribution in [3.8, 4) is 22.8 Å². The zero-order valence-electron chi connectivity index (χ0n) is 21.2. The Kier molecular flexibility index (Phi) is 5.50. The van der Waals surface area contributed by atoms with E-state index in [0.717, 1.165) is 29.8 Å². The molecule has 196 valence electrons. The molecular formula is C27H26F2N6O2S. The Labute approximate surface area is 219 Å². The number of hydrogen-bond donors (Lipinski definition) is 0. The molecule has 2 aliphatic rings. The zero-order valence-corrected chi connectivity index (χ0v) is 22.0. The van der Waals surface area contributed by atoms with E-state index in [0.29, 0.717) is 11.5 Å². The number of halogens is 2. The molecule has 4 aromatic rings. The van der Waals surface area contributed by atoms with Gasteiger partial charge >= 0.3 is 0 Å². The van der Waals surface area contributed by atoms with Crippen molar-refractivity contribution in [3.63, 3.8) is 0 Å². The average molecular weight is 537 g/mol. The first-order chi connectivity index (χ1) is 18.0. The first-order valence-corrected chi connectivity index (χ1v) is 14.4. The van der Waals surface area contributed by atoms with Gasteiger partial charge in [-0.25, -0.2) is 31.8 Å². The highest BCUT2D eigenvalue weighted by Crippen LogP contribution is 2.69. The molecule has 0 aliphatic heterocycles. The fraction of sp³-hybridized carbons (Fsp3) is 0.370. The number of nitrogens with zero attached hydrogens (tertiary/aromatic N) is 6. The third kappa shape index (κ3) is 3.58. The van der Waals surface area contributed by atoms with Crippen LogP contribution in [0.4, 0.5) is 8.78 Å². The van der Waals surface area contributed by atoms with Crippen LogP contribution in [-0.2, 0) is 21.8 Å². The van der Waals surface area contributed by atoms with E-state index in [4.69, 9.17) is 4.98 Å². The second-order valence-electron chi connectivity index (χ2n) is 10.7. The van der Waals surface area contributed by atoms with E-state index in [1.165, 1.54) is 30.8 Å². The predicted molar refractivity (Wildman–Crippen MR) is 137 cm³/mol. The Hall–Kier alpha value is -3.60. The van der Waals surface area contributed by atoms with Crippen molar-refractivity contribution in [3.05, 3.63) is 77.4 Å². The Bertz CT molecular complexity index is 1670. The van der Waals surface area contributed by atoms with Crippen molar-refractivity contribution in [2.24, 2.45) is 5.41 Å². The Morgan fingerprint density at radius 2 is 1.79 bits per heavy atom. The molecule has 2 atom stereocenters. The van der Waals surface area contributed by atoms with Crippen LogP contribution in [0.3, 0.4) is 0 Å². The first-order valence-electron chi connectivity index (χ1n) is 12.4. The van der Waals surface area contributed by atoms with Gasteiger partial charge in [0.2, 0.25) is 0 Å². The number of pyridine rings is 1. The summed E-state index contributed by atoms with van der Waals surface area (Å²) in [5.41, 5.74) is 2.27. The number of sulfone groups is 1. The second-order valence-corrected chi connectivity index (χ2v) is 13.0. The maximum Gasteiger partial charge on any atom is 0.176 e. The molecule has 1 aromatic carbocycles. The minimum atomic E-state index is -3.18. The van der Waals surface area contributed by atoms with E-state index in [1.54, 1.807) is 10.7 Å². The van der Waals surface area contributed by atoms with Gasteiger partial charge in [-0.15, -0.1) is 5.10 Å². The van der Waals surface area contributed by atoms with Crippen molar-refractivity contribution < 1.29 is 17.2 Å². The Morgan fingerprint density at radius 3 is 2.53 bits per heavy atom. The lowest BCUT2D eigenvalue weighted by atomic mass is 9.66. The smallest absolute Gasteiger partial charge is 0.176 e. The van der Waals surface area contributed by atoms with Crippen LogP contribution < -0.4 is 0 Å². The highest BCUT2D eigenvalue weighted by atomic mass is 32.2. The van der Waals surface area contributed by atoms with Crippen LogP contribution in [-0.4, -0.2) is 50.4 Å². The molecule has 0 amide bonds. The van der Waals surface area contributed by atoms with Crippen LogP contribution in [0.1, 0.15) is 49.6 Å². The third-order valence-corrected chi connectivity index (χ3v) is 9.23. The molecule has 3 aromatic heterocycles. The standard InChI is InChI=1S/C27H26F2N6O2S/c1-26(2)17-10-11-27(26,24-16(17)14-21(33-34-24)23-18(28)6-4-7-19(23)29)22-9-5-8-20(32-22)25-30-15-31-35(25)12-13-38(3,36)37/h4-9,14-15,17H,10-13H2,1-3H3/t17-,27-/m0/s1. The van der Waals surface area contributed by atoms with E-state index < -0.39 is 26.9 Å². The number of aromatic nitrogens is 6. The highest BCUT2D eigenvalue weighted by molar-refractivity contribution is 7.90. The summed E-state index contributed by atoms with van der Waals surface area (Å²) in [6, 6.07) is 11.2. The molecule has 2 aliphatic carbocycles. The van der Waals surface area contributed by atoms with Gasteiger partial charge in [-0.1, -0.05) is 26.0 Å². The van der Waals surface area contributed by atoms with Crippen LogP contribution in [0.15, 0.2) is 48.8 Å². The summed E-state index contributed by atoms with van der Waals surface area (Å²) in [5.74, 6) is -0.814. The largest absolute Gasteiger partial charge is 0.248 e. The molecule has 0 unspecified atom stereocenters. The number of hydrogen-bond acceptors (Lipinski definition) is 7. The van der Waals surface area contributed by atoms with Crippen LogP contribution >= 0.6 is 0 Å². The van der Waals surface area contributed by atoms with Crippen LogP contribution in [0, 0.1) is 17.0 Å². The van der Waals surface area contributed by atoms with Crippen molar-refractivity contribution in [1.29, 1.82) is 0 Å². The second kappa shape index (κ2) is 8.45. The van der Waals surface area contributed by atoms with Gasteiger partial charge in [-0.2, -0.15) is 10.2 Å². The van der Waals surface area contributed by atoms with Gasteiger partial charge in [0.25, 0.3) is 0 Å². The van der Waals surface area contributed by atoms with Gasteiger partial charge < -0.3 is 0 Å². The van der Waals surface area contributed by atoms with Crippen molar-refractivity contribution in [2.75, 3.05) is 12.0 Å². The molecular weight excluding hydrogens is 510 g/mol. The Morgan fingerprint density at radius 1 is 1.05 bits per heavy atom.